The largest absolute Gasteiger partial charge is 0.385 e. The maximum Gasteiger partial charge on any atom is 0.224 e. The molecule has 0 spiro atoms. The second kappa shape index (κ2) is 3.23. The number of benzene rings is 1. The monoisotopic (exact) mass is 215 g/mol. The highest BCUT2D eigenvalue weighted by molar-refractivity contribution is 5.86. The topological polar surface area (TPSA) is 70.3 Å². The van der Waals surface area contributed by atoms with Crippen LogP contribution < -0.4 is 10.7 Å². The van der Waals surface area contributed by atoms with Gasteiger partial charge in [-0.2, -0.15) is 5.10 Å². The molecule has 1 atom stereocenters. The third kappa shape index (κ3) is 1.32. The van der Waals surface area contributed by atoms with Gasteiger partial charge in [-0.15, -0.1) is 0 Å². The van der Waals surface area contributed by atoms with Crippen molar-refractivity contribution in [2.45, 2.75) is 6.92 Å². The van der Waals surface area contributed by atoms with Gasteiger partial charge in [0, 0.05) is 5.92 Å². The van der Waals surface area contributed by atoms with Gasteiger partial charge < -0.3 is 10.7 Å². The van der Waals surface area contributed by atoms with Gasteiger partial charge in [-0.1, -0.05) is 19.1 Å². The molecule has 1 unspecified atom stereocenters. The van der Waals surface area contributed by atoms with Gasteiger partial charge in [0.25, 0.3) is 0 Å². The van der Waals surface area contributed by atoms with Crippen molar-refractivity contribution in [3.8, 4) is 0 Å². The zero-order valence-corrected chi connectivity index (χ0v) is 9.01. The molecule has 0 aliphatic carbocycles. The Labute approximate surface area is 93.0 Å². The molecule has 3 N–H and O–H groups in total. The second-order valence-electron chi connectivity index (χ2n) is 4.09. The molecule has 1 aliphatic rings. The predicted octanol–water partition coefficient (Wildman–Crippen LogP) is 1.29. The third-order valence-corrected chi connectivity index (χ3v) is 2.81. The van der Waals surface area contributed by atoms with Gasteiger partial charge in [0.1, 0.15) is 5.84 Å². The molecule has 1 aliphatic heterocycles. The van der Waals surface area contributed by atoms with E-state index in [0.717, 1.165) is 23.5 Å². The van der Waals surface area contributed by atoms with Gasteiger partial charge in [-0.3, -0.25) is 0 Å². The Hall–Kier alpha value is -2.04. The maximum absolute atomic E-state index is 5.77. The predicted molar refractivity (Wildman–Crippen MR) is 64.2 cm³/mol. The summed E-state index contributed by atoms with van der Waals surface area (Å²) >= 11 is 0. The average Bonchev–Trinajstić information content (AvgIpc) is 2.83. The van der Waals surface area contributed by atoms with E-state index in [1.807, 2.05) is 29.3 Å². The van der Waals surface area contributed by atoms with Crippen LogP contribution in [0.15, 0.2) is 29.4 Å². The van der Waals surface area contributed by atoms with E-state index in [-0.39, 0.29) is 5.92 Å². The molecule has 0 saturated carbocycles. The van der Waals surface area contributed by atoms with Gasteiger partial charge in [0.15, 0.2) is 0 Å². The lowest BCUT2D eigenvalue weighted by Crippen LogP contribution is -2.20. The number of amidine groups is 1. The van der Waals surface area contributed by atoms with E-state index in [0.29, 0.717) is 5.84 Å². The Morgan fingerprint density at radius 1 is 1.44 bits per heavy atom. The SMILES string of the molecule is CC1CN(c2nc3ccccc3[nH]2)N=C1N. The highest BCUT2D eigenvalue weighted by Gasteiger charge is 2.23. The summed E-state index contributed by atoms with van der Waals surface area (Å²) in [5.74, 6) is 1.71. The molecule has 0 saturated heterocycles. The Bertz CT molecular complexity index is 523. The highest BCUT2D eigenvalue weighted by Crippen LogP contribution is 2.21. The Kier molecular flexibility index (Phi) is 1.86. The van der Waals surface area contributed by atoms with Crippen molar-refractivity contribution in [1.82, 2.24) is 9.97 Å². The average molecular weight is 215 g/mol. The van der Waals surface area contributed by atoms with Crippen LogP contribution >= 0.6 is 0 Å². The van der Waals surface area contributed by atoms with Crippen molar-refractivity contribution in [3.05, 3.63) is 24.3 Å². The zero-order chi connectivity index (χ0) is 11.1. The number of aromatic amines is 1. The number of rotatable bonds is 1. The number of aromatic nitrogens is 2. The Morgan fingerprint density at radius 2 is 2.25 bits per heavy atom. The van der Waals surface area contributed by atoms with Crippen LogP contribution in [0.4, 0.5) is 5.95 Å². The molecule has 1 aromatic carbocycles. The molecule has 82 valence electrons. The first kappa shape index (κ1) is 9.21. The lowest BCUT2D eigenvalue weighted by atomic mass is 10.2. The Balaban J connectivity index is 2.01. The quantitative estimate of drug-likeness (QED) is 0.753. The van der Waals surface area contributed by atoms with Crippen LogP contribution in [0, 0.1) is 5.92 Å². The third-order valence-electron chi connectivity index (χ3n) is 2.81. The first-order valence-electron chi connectivity index (χ1n) is 5.30. The van der Waals surface area contributed by atoms with Crippen LogP contribution in [-0.2, 0) is 0 Å². The zero-order valence-electron chi connectivity index (χ0n) is 9.01. The lowest BCUT2D eigenvalue weighted by molar-refractivity contribution is 0.758. The lowest BCUT2D eigenvalue weighted by Gasteiger charge is -2.09. The first-order valence-corrected chi connectivity index (χ1v) is 5.30. The second-order valence-corrected chi connectivity index (χ2v) is 4.09. The fourth-order valence-corrected chi connectivity index (χ4v) is 1.83. The molecule has 5 nitrogen and oxygen atoms in total. The molecule has 1 aromatic heterocycles. The van der Waals surface area contributed by atoms with Crippen LogP contribution in [0.25, 0.3) is 11.0 Å². The van der Waals surface area contributed by atoms with E-state index >= 15 is 0 Å². The molecule has 0 amide bonds. The van der Waals surface area contributed by atoms with Gasteiger partial charge >= 0.3 is 0 Å². The molecular formula is C11H13N5. The normalized spacial score (nSPS) is 20.4. The number of H-pyrrole nitrogens is 1. The van der Waals surface area contributed by atoms with E-state index in [2.05, 4.69) is 22.0 Å². The molecule has 3 rings (SSSR count). The van der Waals surface area contributed by atoms with Crippen molar-refractivity contribution in [2.75, 3.05) is 11.6 Å². The van der Waals surface area contributed by atoms with Gasteiger partial charge in [-0.05, 0) is 12.1 Å². The van der Waals surface area contributed by atoms with Crippen molar-refractivity contribution < 1.29 is 0 Å². The van der Waals surface area contributed by atoms with E-state index in [1.54, 1.807) is 0 Å². The molecule has 0 fully saturated rings. The molecule has 0 radical (unpaired) electrons. The van der Waals surface area contributed by atoms with Crippen LogP contribution in [-0.4, -0.2) is 22.3 Å². The number of hydrazone groups is 1. The maximum atomic E-state index is 5.77. The molecular weight excluding hydrogens is 202 g/mol. The van der Waals surface area contributed by atoms with Crippen LogP contribution in [0.5, 0.6) is 0 Å². The smallest absolute Gasteiger partial charge is 0.224 e. The van der Waals surface area contributed by atoms with Crippen LogP contribution in [0.1, 0.15) is 6.92 Å². The summed E-state index contributed by atoms with van der Waals surface area (Å²) in [6, 6.07) is 7.92. The van der Waals surface area contributed by atoms with Gasteiger partial charge in [0.2, 0.25) is 5.95 Å². The minimum Gasteiger partial charge on any atom is -0.385 e. The summed E-state index contributed by atoms with van der Waals surface area (Å²) in [4.78, 5) is 7.70. The number of hydrogen-bond donors (Lipinski definition) is 2. The number of nitrogens with one attached hydrogen (secondary N) is 1. The first-order chi connectivity index (χ1) is 7.74. The molecule has 16 heavy (non-hydrogen) atoms. The summed E-state index contributed by atoms with van der Waals surface area (Å²) in [6.07, 6.45) is 0. The van der Waals surface area contributed by atoms with Crippen molar-refractivity contribution in [1.29, 1.82) is 0 Å². The number of hydrogen-bond acceptors (Lipinski definition) is 4. The fraction of sp³-hybridized carbons (Fsp3) is 0.273. The minimum absolute atomic E-state index is 0.285. The standard InChI is InChI=1S/C11H13N5/c1-7-6-16(15-10(7)12)11-13-8-4-2-3-5-9(8)14-11/h2-5,7H,6H2,1H3,(H2,12,15)(H,13,14). The Morgan fingerprint density at radius 3 is 2.94 bits per heavy atom. The molecule has 5 heteroatoms. The highest BCUT2D eigenvalue weighted by atomic mass is 15.5. The minimum atomic E-state index is 0.285. The molecule has 2 aromatic rings. The van der Waals surface area contributed by atoms with Crippen LogP contribution in [0.3, 0.4) is 0 Å². The van der Waals surface area contributed by atoms with Gasteiger partial charge in [-0.25, -0.2) is 9.99 Å². The summed E-state index contributed by atoms with van der Waals surface area (Å²) in [5, 5.41) is 6.09. The number of nitrogens with two attached hydrogens (primary N) is 1. The number of imidazole rings is 1. The summed E-state index contributed by atoms with van der Waals surface area (Å²) in [5.41, 5.74) is 7.74. The number of fused-ring (bicyclic) bond motifs is 1. The fourth-order valence-electron chi connectivity index (χ4n) is 1.83. The van der Waals surface area contributed by atoms with E-state index in [4.69, 9.17) is 5.73 Å². The number of nitrogens with zero attached hydrogens (tertiary/aromatic N) is 3. The van der Waals surface area contributed by atoms with E-state index < -0.39 is 0 Å². The van der Waals surface area contributed by atoms with Crippen molar-refractivity contribution in [2.24, 2.45) is 16.8 Å². The van der Waals surface area contributed by atoms with Gasteiger partial charge in [0.05, 0.1) is 17.6 Å². The summed E-state index contributed by atoms with van der Waals surface area (Å²) < 4.78 is 0. The molecule has 2 heterocycles. The van der Waals surface area contributed by atoms with Crippen molar-refractivity contribution in [3.63, 3.8) is 0 Å². The molecule has 0 bridgehead atoms. The van der Waals surface area contributed by atoms with Crippen molar-refractivity contribution >= 4 is 22.8 Å². The van der Waals surface area contributed by atoms with Crippen LogP contribution in [0.2, 0.25) is 0 Å². The number of anilines is 1. The summed E-state index contributed by atoms with van der Waals surface area (Å²) in [6.45, 7) is 2.84. The van der Waals surface area contributed by atoms with E-state index in [9.17, 15) is 0 Å². The number of para-hydroxylation sites is 2. The summed E-state index contributed by atoms with van der Waals surface area (Å²) in [7, 11) is 0. The van der Waals surface area contributed by atoms with E-state index in [1.165, 1.54) is 0 Å².